The summed E-state index contributed by atoms with van der Waals surface area (Å²) in [4.78, 5) is 0. The van der Waals surface area contributed by atoms with Crippen molar-refractivity contribution in [1.82, 2.24) is 0 Å². The van der Waals surface area contributed by atoms with E-state index in [0.717, 1.165) is 35.0 Å². The number of anilines is 1. The van der Waals surface area contributed by atoms with Crippen LogP contribution in [0.3, 0.4) is 0 Å². The first-order valence-electron chi connectivity index (χ1n) is 6.85. The summed E-state index contributed by atoms with van der Waals surface area (Å²) in [6, 6.07) is 14.0. The predicted molar refractivity (Wildman–Crippen MR) is 86.0 cm³/mol. The molecule has 0 heterocycles. The Balaban J connectivity index is 1.73. The van der Waals surface area contributed by atoms with Crippen LogP contribution in [0, 0.1) is 13.8 Å². The molecule has 0 spiro atoms. The number of hydrogen-bond acceptors (Lipinski definition) is 2. The summed E-state index contributed by atoms with van der Waals surface area (Å²) in [7, 11) is 0. The second-order valence-electron chi connectivity index (χ2n) is 4.86. The first-order valence-corrected chi connectivity index (χ1v) is 7.23. The van der Waals surface area contributed by atoms with Gasteiger partial charge in [-0.15, -0.1) is 0 Å². The monoisotopic (exact) mass is 289 g/mol. The Hall–Kier alpha value is -1.67. The maximum absolute atomic E-state index is 6.08. The zero-order valence-electron chi connectivity index (χ0n) is 11.9. The van der Waals surface area contributed by atoms with E-state index in [2.05, 4.69) is 24.4 Å². The highest BCUT2D eigenvalue weighted by atomic mass is 35.5. The highest BCUT2D eigenvalue weighted by Gasteiger charge is 2.01. The Morgan fingerprint density at radius 1 is 1.10 bits per heavy atom. The molecule has 0 amide bonds. The molecule has 0 aliphatic heterocycles. The Bertz CT molecular complexity index is 569. The Morgan fingerprint density at radius 2 is 1.90 bits per heavy atom. The molecular weight excluding hydrogens is 270 g/mol. The highest BCUT2D eigenvalue weighted by molar-refractivity contribution is 6.31. The molecule has 106 valence electrons. The van der Waals surface area contributed by atoms with Crippen molar-refractivity contribution in [3.63, 3.8) is 0 Å². The molecule has 0 aliphatic rings. The number of rotatable bonds is 6. The van der Waals surface area contributed by atoms with E-state index in [1.807, 2.05) is 37.3 Å². The molecule has 0 radical (unpaired) electrons. The maximum Gasteiger partial charge on any atom is 0.119 e. The topological polar surface area (TPSA) is 21.3 Å². The standard InChI is InChI=1S/C17H20ClNO/c1-13-6-3-7-15(12-13)20-11-5-10-19-17-9-4-8-16(18)14(17)2/h3-4,6-9,12,19H,5,10-11H2,1-2H3. The SMILES string of the molecule is Cc1cccc(OCCCNc2cccc(Cl)c2C)c1. The van der Waals surface area contributed by atoms with Crippen LogP contribution >= 0.6 is 11.6 Å². The van der Waals surface area contributed by atoms with Crippen molar-refractivity contribution in [3.05, 3.63) is 58.6 Å². The van der Waals surface area contributed by atoms with E-state index >= 15 is 0 Å². The van der Waals surface area contributed by atoms with E-state index in [9.17, 15) is 0 Å². The molecule has 1 N–H and O–H groups in total. The van der Waals surface area contributed by atoms with Crippen molar-refractivity contribution in [2.75, 3.05) is 18.5 Å². The summed E-state index contributed by atoms with van der Waals surface area (Å²) in [6.45, 7) is 5.66. The summed E-state index contributed by atoms with van der Waals surface area (Å²) in [5.74, 6) is 0.934. The molecular formula is C17H20ClNO. The number of nitrogens with one attached hydrogen (secondary N) is 1. The van der Waals surface area contributed by atoms with Gasteiger partial charge in [-0.3, -0.25) is 0 Å². The largest absolute Gasteiger partial charge is 0.494 e. The van der Waals surface area contributed by atoms with Crippen LogP contribution in [0.4, 0.5) is 5.69 Å². The van der Waals surface area contributed by atoms with Gasteiger partial charge in [0.1, 0.15) is 5.75 Å². The van der Waals surface area contributed by atoms with Crippen molar-refractivity contribution in [2.45, 2.75) is 20.3 Å². The lowest BCUT2D eigenvalue weighted by Crippen LogP contribution is -2.08. The number of benzene rings is 2. The van der Waals surface area contributed by atoms with Crippen molar-refractivity contribution < 1.29 is 4.74 Å². The molecule has 2 nitrogen and oxygen atoms in total. The average molecular weight is 290 g/mol. The van der Waals surface area contributed by atoms with Crippen molar-refractivity contribution in [1.29, 1.82) is 0 Å². The molecule has 0 saturated heterocycles. The van der Waals surface area contributed by atoms with Gasteiger partial charge in [0.2, 0.25) is 0 Å². The van der Waals surface area contributed by atoms with Crippen LogP contribution in [0.25, 0.3) is 0 Å². The van der Waals surface area contributed by atoms with E-state index in [4.69, 9.17) is 16.3 Å². The molecule has 3 heteroatoms. The lowest BCUT2D eigenvalue weighted by Gasteiger charge is -2.11. The highest BCUT2D eigenvalue weighted by Crippen LogP contribution is 2.22. The van der Waals surface area contributed by atoms with Crippen LogP contribution in [0.15, 0.2) is 42.5 Å². The lowest BCUT2D eigenvalue weighted by atomic mass is 10.2. The zero-order chi connectivity index (χ0) is 14.4. The van der Waals surface area contributed by atoms with Crippen LogP contribution in [0.1, 0.15) is 17.5 Å². The number of halogens is 1. The third-order valence-corrected chi connectivity index (χ3v) is 3.57. The van der Waals surface area contributed by atoms with Crippen LogP contribution in [0.2, 0.25) is 5.02 Å². The Morgan fingerprint density at radius 3 is 2.70 bits per heavy atom. The minimum absolute atomic E-state index is 0.704. The summed E-state index contributed by atoms with van der Waals surface area (Å²) in [6.07, 6.45) is 0.944. The fourth-order valence-corrected chi connectivity index (χ4v) is 2.16. The number of aryl methyl sites for hydroxylation is 1. The van der Waals surface area contributed by atoms with Gasteiger partial charge >= 0.3 is 0 Å². The van der Waals surface area contributed by atoms with Gasteiger partial charge in [-0.05, 0) is 55.7 Å². The third kappa shape index (κ3) is 4.17. The minimum atomic E-state index is 0.704. The van der Waals surface area contributed by atoms with Gasteiger partial charge in [0.25, 0.3) is 0 Å². The molecule has 0 aliphatic carbocycles. The maximum atomic E-state index is 6.08. The quantitative estimate of drug-likeness (QED) is 0.769. The normalized spacial score (nSPS) is 10.3. The first-order chi connectivity index (χ1) is 9.66. The molecule has 0 unspecified atom stereocenters. The molecule has 2 aromatic rings. The molecule has 2 rings (SSSR count). The summed E-state index contributed by atoms with van der Waals surface area (Å²) >= 11 is 6.08. The van der Waals surface area contributed by atoms with E-state index in [1.54, 1.807) is 0 Å². The van der Waals surface area contributed by atoms with E-state index in [1.165, 1.54) is 5.56 Å². The van der Waals surface area contributed by atoms with Crippen LogP contribution < -0.4 is 10.1 Å². The van der Waals surface area contributed by atoms with Crippen LogP contribution in [-0.4, -0.2) is 13.2 Å². The molecule has 2 aromatic carbocycles. The average Bonchev–Trinajstić information content (AvgIpc) is 2.43. The minimum Gasteiger partial charge on any atom is -0.494 e. The van der Waals surface area contributed by atoms with Gasteiger partial charge < -0.3 is 10.1 Å². The van der Waals surface area contributed by atoms with Gasteiger partial charge in [0.05, 0.1) is 6.61 Å². The number of hydrogen-bond donors (Lipinski definition) is 1. The van der Waals surface area contributed by atoms with Gasteiger partial charge in [0.15, 0.2) is 0 Å². The fourth-order valence-electron chi connectivity index (χ4n) is 1.99. The Kier molecular flexibility index (Phi) is 5.31. The molecule has 0 aromatic heterocycles. The summed E-state index contributed by atoms with van der Waals surface area (Å²) in [5, 5.41) is 4.18. The summed E-state index contributed by atoms with van der Waals surface area (Å²) < 4.78 is 5.71. The van der Waals surface area contributed by atoms with E-state index in [0.29, 0.717) is 6.61 Å². The molecule has 0 fully saturated rings. The second kappa shape index (κ2) is 7.20. The molecule has 0 saturated carbocycles. The van der Waals surface area contributed by atoms with E-state index in [-0.39, 0.29) is 0 Å². The van der Waals surface area contributed by atoms with Gasteiger partial charge in [-0.2, -0.15) is 0 Å². The molecule has 0 atom stereocenters. The van der Waals surface area contributed by atoms with Crippen LogP contribution in [-0.2, 0) is 0 Å². The van der Waals surface area contributed by atoms with E-state index < -0.39 is 0 Å². The second-order valence-corrected chi connectivity index (χ2v) is 5.26. The zero-order valence-corrected chi connectivity index (χ0v) is 12.7. The number of ether oxygens (including phenoxy) is 1. The Labute approximate surface area is 125 Å². The van der Waals surface area contributed by atoms with Gasteiger partial charge in [-0.1, -0.05) is 29.8 Å². The third-order valence-electron chi connectivity index (χ3n) is 3.16. The van der Waals surface area contributed by atoms with Gasteiger partial charge in [0, 0.05) is 17.3 Å². The van der Waals surface area contributed by atoms with Crippen molar-refractivity contribution in [2.24, 2.45) is 0 Å². The smallest absolute Gasteiger partial charge is 0.119 e. The van der Waals surface area contributed by atoms with Crippen LogP contribution in [0.5, 0.6) is 5.75 Å². The van der Waals surface area contributed by atoms with Gasteiger partial charge in [-0.25, -0.2) is 0 Å². The predicted octanol–water partition coefficient (Wildman–Crippen LogP) is 4.84. The molecule has 20 heavy (non-hydrogen) atoms. The van der Waals surface area contributed by atoms with Crippen molar-refractivity contribution in [3.8, 4) is 5.75 Å². The summed E-state index contributed by atoms with van der Waals surface area (Å²) in [5.41, 5.74) is 3.40. The molecule has 0 bridgehead atoms. The van der Waals surface area contributed by atoms with Crippen molar-refractivity contribution >= 4 is 17.3 Å². The first kappa shape index (κ1) is 14.7. The lowest BCUT2D eigenvalue weighted by molar-refractivity contribution is 0.315. The fraction of sp³-hybridized carbons (Fsp3) is 0.294.